The Hall–Kier alpha value is -2.62. The summed E-state index contributed by atoms with van der Waals surface area (Å²) in [5.74, 6) is -0.00929. The zero-order valence-electron chi connectivity index (χ0n) is 13.8. The minimum Gasteiger partial charge on any atom is -0.618 e. The normalized spacial score (nSPS) is 11.3. The summed E-state index contributed by atoms with van der Waals surface area (Å²) in [5, 5.41) is 12.2. The number of benzene rings is 2. The molecule has 0 atom stereocenters. The lowest BCUT2D eigenvalue weighted by Gasteiger charge is -2.20. The molecule has 2 aromatic rings. The largest absolute Gasteiger partial charge is 0.618 e. The lowest BCUT2D eigenvalue weighted by Crippen LogP contribution is -2.21. The van der Waals surface area contributed by atoms with Gasteiger partial charge in [0.05, 0.1) is 0 Å². The molecule has 23 heavy (non-hydrogen) atoms. The Balaban J connectivity index is 2.18. The first-order valence-electron chi connectivity index (χ1n) is 7.82. The van der Waals surface area contributed by atoms with E-state index in [9.17, 15) is 10.0 Å². The number of rotatable bonds is 6. The minimum atomic E-state index is -0.00929. The number of ketones is 1. The number of nitrogens with zero attached hydrogens (tertiary/aromatic N) is 2. The van der Waals surface area contributed by atoms with E-state index >= 15 is 0 Å². The summed E-state index contributed by atoms with van der Waals surface area (Å²) in [6.45, 7) is 7.65. The predicted molar refractivity (Wildman–Crippen MR) is 94.9 cm³/mol. The molecule has 0 aliphatic heterocycles. The van der Waals surface area contributed by atoms with Crippen LogP contribution in [0.1, 0.15) is 36.7 Å². The molecule has 0 spiro atoms. The fraction of sp³-hybridized carbons (Fsp3) is 0.263. The maximum Gasteiger partial charge on any atom is 0.216 e. The smallest absolute Gasteiger partial charge is 0.216 e. The van der Waals surface area contributed by atoms with Crippen LogP contribution in [0.5, 0.6) is 0 Å². The van der Waals surface area contributed by atoms with E-state index in [1.807, 2.05) is 24.3 Å². The monoisotopic (exact) mass is 310 g/mol. The molecule has 0 saturated heterocycles. The Morgan fingerprint density at radius 1 is 1.04 bits per heavy atom. The van der Waals surface area contributed by atoms with Gasteiger partial charge >= 0.3 is 0 Å². The van der Waals surface area contributed by atoms with E-state index in [4.69, 9.17) is 0 Å². The first-order valence-corrected chi connectivity index (χ1v) is 7.82. The van der Waals surface area contributed by atoms with Crippen molar-refractivity contribution in [3.8, 4) is 0 Å². The van der Waals surface area contributed by atoms with Gasteiger partial charge in [-0.2, -0.15) is 4.74 Å². The topological polar surface area (TPSA) is 46.4 Å². The third-order valence-electron chi connectivity index (χ3n) is 3.82. The minimum absolute atomic E-state index is 0.00929. The van der Waals surface area contributed by atoms with E-state index in [0.717, 1.165) is 29.1 Å². The highest BCUT2D eigenvalue weighted by atomic mass is 16.5. The Morgan fingerprint density at radius 3 is 2.09 bits per heavy atom. The van der Waals surface area contributed by atoms with Crippen molar-refractivity contribution in [1.29, 1.82) is 0 Å². The molecule has 4 nitrogen and oxygen atoms in total. The van der Waals surface area contributed by atoms with E-state index in [0.29, 0.717) is 11.3 Å². The van der Waals surface area contributed by atoms with E-state index in [1.54, 1.807) is 24.3 Å². The molecule has 0 aliphatic rings. The third kappa shape index (κ3) is 4.19. The van der Waals surface area contributed by atoms with Gasteiger partial charge in [0.1, 0.15) is 0 Å². The van der Waals surface area contributed by atoms with Crippen LogP contribution in [0.25, 0.3) is 0 Å². The van der Waals surface area contributed by atoms with Crippen LogP contribution in [0.15, 0.2) is 48.5 Å². The van der Waals surface area contributed by atoms with Gasteiger partial charge in [-0.15, -0.1) is 0 Å². The molecule has 0 aliphatic carbocycles. The SMILES string of the molecule is CCN(CC)c1ccc(C=[N+]([O-])c2ccc(C(C)=O)cc2)cc1. The Labute approximate surface area is 137 Å². The van der Waals surface area contributed by atoms with E-state index < -0.39 is 0 Å². The fourth-order valence-electron chi connectivity index (χ4n) is 2.41. The van der Waals surface area contributed by atoms with Gasteiger partial charge < -0.3 is 10.1 Å². The summed E-state index contributed by atoms with van der Waals surface area (Å²) in [5.41, 5.74) is 3.09. The number of hydrogen-bond donors (Lipinski definition) is 0. The van der Waals surface area contributed by atoms with E-state index in [2.05, 4.69) is 18.7 Å². The van der Waals surface area contributed by atoms with Gasteiger partial charge in [-0.05, 0) is 57.2 Å². The molecule has 0 aromatic heterocycles. The van der Waals surface area contributed by atoms with Crippen LogP contribution in [0.2, 0.25) is 0 Å². The summed E-state index contributed by atoms with van der Waals surface area (Å²) < 4.78 is 0.816. The lowest BCUT2D eigenvalue weighted by molar-refractivity contribution is -0.354. The van der Waals surface area contributed by atoms with Crippen molar-refractivity contribution in [3.05, 3.63) is 64.9 Å². The van der Waals surface area contributed by atoms with E-state index in [-0.39, 0.29) is 5.78 Å². The van der Waals surface area contributed by atoms with Crippen molar-refractivity contribution >= 4 is 23.4 Å². The highest BCUT2D eigenvalue weighted by Gasteiger charge is 2.05. The molecule has 2 aromatic carbocycles. The average molecular weight is 310 g/mol. The molecule has 0 unspecified atom stereocenters. The van der Waals surface area contributed by atoms with Gasteiger partial charge in [-0.1, -0.05) is 0 Å². The molecule has 0 amide bonds. The summed E-state index contributed by atoms with van der Waals surface area (Å²) in [7, 11) is 0. The Bertz CT molecular complexity index is 684. The molecule has 0 fully saturated rings. The molecular weight excluding hydrogens is 288 g/mol. The second kappa shape index (κ2) is 7.58. The van der Waals surface area contributed by atoms with Crippen LogP contribution < -0.4 is 4.90 Å². The van der Waals surface area contributed by atoms with Gasteiger partial charge in [0.25, 0.3) is 0 Å². The van der Waals surface area contributed by atoms with Crippen LogP contribution >= 0.6 is 0 Å². The van der Waals surface area contributed by atoms with Crippen molar-refractivity contribution in [3.63, 3.8) is 0 Å². The van der Waals surface area contributed by atoms with Crippen LogP contribution in [0.3, 0.4) is 0 Å². The zero-order chi connectivity index (χ0) is 16.8. The molecule has 0 heterocycles. The molecule has 0 radical (unpaired) electrons. The quantitative estimate of drug-likeness (QED) is 0.266. The summed E-state index contributed by atoms with van der Waals surface area (Å²) in [4.78, 5) is 13.5. The van der Waals surface area contributed by atoms with Crippen LogP contribution in [0, 0.1) is 5.21 Å². The van der Waals surface area contributed by atoms with Crippen LogP contribution in [-0.2, 0) is 0 Å². The van der Waals surface area contributed by atoms with Gasteiger partial charge in [0, 0.05) is 42.0 Å². The number of carbonyl (C=O) groups excluding carboxylic acids is 1. The molecule has 0 N–H and O–H groups in total. The highest BCUT2D eigenvalue weighted by molar-refractivity contribution is 5.94. The third-order valence-corrected chi connectivity index (χ3v) is 3.82. The maximum absolute atomic E-state index is 12.2. The van der Waals surface area contributed by atoms with Crippen molar-refractivity contribution in [2.75, 3.05) is 18.0 Å². The maximum atomic E-state index is 12.2. The first kappa shape index (κ1) is 16.7. The van der Waals surface area contributed by atoms with Gasteiger partial charge in [-0.3, -0.25) is 4.79 Å². The number of anilines is 1. The molecular formula is C19H22N2O2. The van der Waals surface area contributed by atoms with Gasteiger partial charge in [0.15, 0.2) is 12.0 Å². The molecule has 2 rings (SSSR count). The second-order valence-electron chi connectivity index (χ2n) is 5.32. The second-order valence-corrected chi connectivity index (χ2v) is 5.32. The standard InChI is InChI=1S/C19H22N2O2/c1-4-20(5-2)18-10-6-16(7-11-18)14-21(23)19-12-8-17(9-13-19)15(3)22/h6-14H,4-5H2,1-3H3. The molecule has 120 valence electrons. The van der Waals surface area contributed by atoms with Gasteiger partial charge in [-0.25, -0.2) is 0 Å². The van der Waals surface area contributed by atoms with Gasteiger partial charge in [0.2, 0.25) is 5.69 Å². The highest BCUT2D eigenvalue weighted by Crippen LogP contribution is 2.16. The molecule has 0 bridgehead atoms. The van der Waals surface area contributed by atoms with Crippen LogP contribution in [0.4, 0.5) is 11.4 Å². The van der Waals surface area contributed by atoms with Crippen molar-refractivity contribution < 1.29 is 9.53 Å². The Morgan fingerprint density at radius 2 is 1.61 bits per heavy atom. The molecule has 0 saturated carbocycles. The Kier molecular flexibility index (Phi) is 5.52. The first-order chi connectivity index (χ1) is 11.0. The number of Topliss-reactive ketones (excluding diaryl/α,β-unsaturated/α-hetero) is 1. The summed E-state index contributed by atoms with van der Waals surface area (Å²) in [6.07, 6.45) is 1.54. The summed E-state index contributed by atoms with van der Waals surface area (Å²) in [6, 6.07) is 14.6. The number of hydrogen-bond acceptors (Lipinski definition) is 3. The zero-order valence-corrected chi connectivity index (χ0v) is 13.8. The van der Waals surface area contributed by atoms with Crippen molar-refractivity contribution in [1.82, 2.24) is 0 Å². The molecule has 4 heteroatoms. The van der Waals surface area contributed by atoms with Crippen molar-refractivity contribution in [2.45, 2.75) is 20.8 Å². The predicted octanol–water partition coefficient (Wildman–Crippen LogP) is 4.00. The van der Waals surface area contributed by atoms with E-state index in [1.165, 1.54) is 13.1 Å². The van der Waals surface area contributed by atoms with Crippen LogP contribution in [-0.4, -0.2) is 29.8 Å². The number of carbonyl (C=O) groups is 1. The van der Waals surface area contributed by atoms with Crippen molar-refractivity contribution in [2.24, 2.45) is 0 Å². The summed E-state index contributed by atoms with van der Waals surface area (Å²) >= 11 is 0. The average Bonchev–Trinajstić information content (AvgIpc) is 2.57. The lowest BCUT2D eigenvalue weighted by atomic mass is 10.1. The fourth-order valence-corrected chi connectivity index (χ4v) is 2.41.